The van der Waals surface area contributed by atoms with E-state index in [2.05, 4.69) is 46.3 Å². The molecule has 1 aliphatic carbocycles. The van der Waals surface area contributed by atoms with E-state index in [0.29, 0.717) is 30.6 Å². The van der Waals surface area contributed by atoms with Crippen molar-refractivity contribution in [2.45, 2.75) is 70.1 Å². The van der Waals surface area contributed by atoms with Crippen LogP contribution in [0.4, 0.5) is 4.79 Å². The van der Waals surface area contributed by atoms with E-state index in [1.54, 1.807) is 0 Å². The number of carbonyl (C=O) groups is 1. The van der Waals surface area contributed by atoms with Crippen molar-refractivity contribution in [2.75, 3.05) is 13.1 Å². The Morgan fingerprint density at radius 2 is 2.00 bits per heavy atom. The van der Waals surface area contributed by atoms with Crippen LogP contribution in [-0.4, -0.2) is 47.0 Å². The maximum atomic E-state index is 13.1. The largest absolute Gasteiger partial charge is 0.335 e. The van der Waals surface area contributed by atoms with E-state index in [4.69, 9.17) is 0 Å². The number of amides is 2. The van der Waals surface area contributed by atoms with Gasteiger partial charge in [0.15, 0.2) is 0 Å². The summed E-state index contributed by atoms with van der Waals surface area (Å²) in [5.74, 6) is 0.686. The molecule has 2 amide bonds. The van der Waals surface area contributed by atoms with E-state index in [1.807, 2.05) is 6.07 Å². The Labute approximate surface area is 151 Å². The number of benzene rings is 1. The van der Waals surface area contributed by atoms with E-state index in [9.17, 15) is 4.79 Å². The minimum absolute atomic E-state index is 0.139. The van der Waals surface area contributed by atoms with Gasteiger partial charge >= 0.3 is 6.03 Å². The zero-order chi connectivity index (χ0) is 17.2. The van der Waals surface area contributed by atoms with Gasteiger partial charge in [-0.05, 0) is 63.5 Å². The standard InChI is InChI=1S/C21H31N3O/c1-16(18-9-10-18)24(15-17-6-3-2-4-7-17)21(25)22-19-11-13-23-12-5-8-20(23)14-19/h2-4,6-7,16,18-20H,5,8-15H2,1H3,(H,22,25)/t16-,19-,20+/m1/s1. The van der Waals surface area contributed by atoms with Crippen LogP contribution in [0.3, 0.4) is 0 Å². The summed E-state index contributed by atoms with van der Waals surface area (Å²) in [6.45, 7) is 5.34. The number of hydrogen-bond acceptors (Lipinski definition) is 2. The molecule has 4 nitrogen and oxygen atoms in total. The second-order valence-corrected chi connectivity index (χ2v) is 8.19. The van der Waals surface area contributed by atoms with Gasteiger partial charge in [-0.15, -0.1) is 0 Å². The zero-order valence-electron chi connectivity index (χ0n) is 15.4. The summed E-state index contributed by atoms with van der Waals surface area (Å²) in [4.78, 5) is 17.8. The number of nitrogens with one attached hydrogen (secondary N) is 1. The number of piperidine rings is 1. The highest BCUT2D eigenvalue weighted by Gasteiger charge is 2.36. The minimum atomic E-state index is 0.139. The van der Waals surface area contributed by atoms with Crippen molar-refractivity contribution in [3.63, 3.8) is 0 Å². The number of carbonyl (C=O) groups excluding carboxylic acids is 1. The summed E-state index contributed by atoms with van der Waals surface area (Å²) in [5.41, 5.74) is 1.22. The number of hydrogen-bond donors (Lipinski definition) is 1. The molecule has 0 unspecified atom stereocenters. The van der Waals surface area contributed by atoms with E-state index in [-0.39, 0.29) is 6.03 Å². The first-order valence-corrected chi connectivity index (χ1v) is 10.1. The molecular weight excluding hydrogens is 310 g/mol. The van der Waals surface area contributed by atoms with Crippen LogP contribution >= 0.6 is 0 Å². The molecule has 3 aliphatic rings. The van der Waals surface area contributed by atoms with E-state index in [1.165, 1.54) is 37.8 Å². The lowest BCUT2D eigenvalue weighted by Gasteiger charge is -2.37. The van der Waals surface area contributed by atoms with Crippen LogP contribution in [0.25, 0.3) is 0 Å². The number of rotatable bonds is 5. The Morgan fingerprint density at radius 1 is 1.20 bits per heavy atom. The summed E-state index contributed by atoms with van der Waals surface area (Å²) in [7, 11) is 0. The monoisotopic (exact) mass is 341 g/mol. The molecule has 1 aromatic carbocycles. The van der Waals surface area contributed by atoms with Crippen molar-refractivity contribution < 1.29 is 4.79 Å². The molecule has 2 aliphatic heterocycles. The highest BCUT2D eigenvalue weighted by molar-refractivity contribution is 5.75. The van der Waals surface area contributed by atoms with Gasteiger partial charge < -0.3 is 15.1 Å². The molecule has 0 spiro atoms. The Kier molecular flexibility index (Phi) is 4.98. The third kappa shape index (κ3) is 4.00. The number of urea groups is 1. The Balaban J connectivity index is 1.40. The normalized spacial score (nSPS) is 27.6. The minimum Gasteiger partial charge on any atom is -0.335 e. The molecule has 1 N–H and O–H groups in total. The smallest absolute Gasteiger partial charge is 0.318 e. The second-order valence-electron chi connectivity index (χ2n) is 8.19. The first-order chi connectivity index (χ1) is 12.2. The van der Waals surface area contributed by atoms with Gasteiger partial charge in [-0.2, -0.15) is 0 Å². The third-order valence-electron chi connectivity index (χ3n) is 6.40. The highest BCUT2D eigenvalue weighted by Crippen LogP contribution is 2.36. The Bertz CT molecular complexity index is 586. The zero-order valence-corrected chi connectivity index (χ0v) is 15.4. The molecule has 0 aromatic heterocycles. The van der Waals surface area contributed by atoms with Gasteiger partial charge in [0, 0.05) is 31.2 Å². The van der Waals surface area contributed by atoms with E-state index in [0.717, 1.165) is 19.4 Å². The molecule has 2 heterocycles. The average molecular weight is 341 g/mol. The molecule has 3 atom stereocenters. The molecule has 4 heteroatoms. The van der Waals surface area contributed by atoms with Crippen LogP contribution in [0.2, 0.25) is 0 Å². The third-order valence-corrected chi connectivity index (χ3v) is 6.40. The summed E-state index contributed by atoms with van der Waals surface area (Å²) in [6.07, 6.45) is 7.38. The Morgan fingerprint density at radius 3 is 2.76 bits per heavy atom. The molecule has 25 heavy (non-hydrogen) atoms. The topological polar surface area (TPSA) is 35.6 Å². The lowest BCUT2D eigenvalue weighted by molar-refractivity contribution is 0.141. The second kappa shape index (κ2) is 7.36. The maximum Gasteiger partial charge on any atom is 0.318 e. The molecule has 1 aromatic rings. The lowest BCUT2D eigenvalue weighted by atomic mass is 9.98. The van der Waals surface area contributed by atoms with Gasteiger partial charge in [0.2, 0.25) is 0 Å². The van der Waals surface area contributed by atoms with E-state index >= 15 is 0 Å². The van der Waals surface area contributed by atoms with Crippen LogP contribution in [0, 0.1) is 5.92 Å². The first-order valence-electron chi connectivity index (χ1n) is 10.1. The van der Waals surface area contributed by atoms with Crippen molar-refractivity contribution in [1.29, 1.82) is 0 Å². The fourth-order valence-corrected chi connectivity index (χ4v) is 4.63. The van der Waals surface area contributed by atoms with Gasteiger partial charge in [-0.1, -0.05) is 30.3 Å². The highest BCUT2D eigenvalue weighted by atomic mass is 16.2. The number of fused-ring (bicyclic) bond motifs is 1. The predicted molar refractivity (Wildman–Crippen MR) is 100 cm³/mol. The fourth-order valence-electron chi connectivity index (χ4n) is 4.63. The van der Waals surface area contributed by atoms with Gasteiger partial charge in [0.1, 0.15) is 0 Å². The summed E-state index contributed by atoms with van der Waals surface area (Å²) >= 11 is 0. The molecule has 1 saturated carbocycles. The van der Waals surface area contributed by atoms with Crippen molar-refractivity contribution in [3.8, 4) is 0 Å². The van der Waals surface area contributed by atoms with Crippen molar-refractivity contribution >= 4 is 6.03 Å². The average Bonchev–Trinajstić information content (AvgIpc) is 3.38. The first kappa shape index (κ1) is 16.9. The summed E-state index contributed by atoms with van der Waals surface area (Å²) in [5, 5.41) is 3.38. The van der Waals surface area contributed by atoms with Gasteiger partial charge in [-0.3, -0.25) is 0 Å². The van der Waals surface area contributed by atoms with Crippen LogP contribution in [0.5, 0.6) is 0 Å². The van der Waals surface area contributed by atoms with Crippen molar-refractivity contribution in [3.05, 3.63) is 35.9 Å². The molecular formula is C21H31N3O. The lowest BCUT2D eigenvalue weighted by Crippen LogP contribution is -2.52. The fraction of sp³-hybridized carbons (Fsp3) is 0.667. The van der Waals surface area contributed by atoms with Gasteiger partial charge in [0.25, 0.3) is 0 Å². The van der Waals surface area contributed by atoms with Crippen LogP contribution in [0.1, 0.15) is 51.0 Å². The quantitative estimate of drug-likeness (QED) is 0.888. The molecule has 136 valence electrons. The van der Waals surface area contributed by atoms with Crippen LogP contribution < -0.4 is 5.32 Å². The molecule has 3 fully saturated rings. The molecule has 0 bridgehead atoms. The van der Waals surface area contributed by atoms with Crippen molar-refractivity contribution in [1.82, 2.24) is 15.1 Å². The summed E-state index contributed by atoms with van der Waals surface area (Å²) < 4.78 is 0. The predicted octanol–water partition coefficient (Wildman–Crippen LogP) is 3.62. The molecule has 4 rings (SSSR count). The Hall–Kier alpha value is -1.55. The maximum absolute atomic E-state index is 13.1. The molecule has 2 saturated heterocycles. The van der Waals surface area contributed by atoms with Crippen LogP contribution in [-0.2, 0) is 6.54 Å². The summed E-state index contributed by atoms with van der Waals surface area (Å²) in [6, 6.07) is 11.9. The van der Waals surface area contributed by atoms with E-state index < -0.39 is 0 Å². The van der Waals surface area contributed by atoms with Crippen LogP contribution in [0.15, 0.2) is 30.3 Å². The van der Waals surface area contributed by atoms with Gasteiger partial charge in [0.05, 0.1) is 0 Å². The van der Waals surface area contributed by atoms with Crippen molar-refractivity contribution in [2.24, 2.45) is 5.92 Å². The molecule has 0 radical (unpaired) electrons. The number of nitrogens with zero attached hydrogens (tertiary/aromatic N) is 2. The SMILES string of the molecule is C[C@H](C1CC1)N(Cc1ccccc1)C(=O)N[C@@H]1CCN2CCC[C@H]2C1. The van der Waals surface area contributed by atoms with Gasteiger partial charge in [-0.25, -0.2) is 4.79 Å².